The SMILES string of the molecule is CC(=O)OC(C(=O)N1CCN(c2ccccc2)CC1)c1ccc(-c2ccccc2Cl)cc1. The molecule has 3 aromatic carbocycles. The minimum absolute atomic E-state index is 0.196. The molecule has 1 heterocycles. The fraction of sp³-hybridized carbons (Fsp3) is 0.231. The lowest BCUT2D eigenvalue weighted by atomic mass is 10.0. The highest BCUT2D eigenvalue weighted by molar-refractivity contribution is 6.33. The summed E-state index contributed by atoms with van der Waals surface area (Å²) in [5.74, 6) is -0.681. The summed E-state index contributed by atoms with van der Waals surface area (Å²) in [6.07, 6.45) is -0.962. The molecule has 1 aliphatic heterocycles. The number of piperazine rings is 1. The molecule has 3 aromatic rings. The van der Waals surface area contributed by atoms with Gasteiger partial charge in [0.15, 0.2) is 0 Å². The van der Waals surface area contributed by atoms with Crippen molar-refractivity contribution in [1.82, 2.24) is 4.90 Å². The summed E-state index contributed by atoms with van der Waals surface area (Å²) in [5.41, 5.74) is 3.63. The third-order valence-corrected chi connectivity index (χ3v) is 5.95. The number of rotatable bonds is 5. The van der Waals surface area contributed by atoms with Crippen LogP contribution in [0.3, 0.4) is 0 Å². The van der Waals surface area contributed by atoms with E-state index in [1.54, 1.807) is 4.90 Å². The largest absolute Gasteiger partial charge is 0.447 e. The standard InChI is InChI=1S/C26H25ClN2O3/c1-19(30)32-25(21-13-11-20(12-14-21)23-9-5-6-10-24(23)27)26(31)29-17-15-28(16-18-29)22-7-3-2-4-8-22/h2-14,25H,15-18H2,1H3. The molecule has 0 radical (unpaired) electrons. The lowest BCUT2D eigenvalue weighted by Crippen LogP contribution is -2.50. The maximum atomic E-state index is 13.3. The molecule has 1 saturated heterocycles. The molecule has 32 heavy (non-hydrogen) atoms. The maximum Gasteiger partial charge on any atom is 0.303 e. The van der Waals surface area contributed by atoms with Gasteiger partial charge in [-0.1, -0.05) is 72.3 Å². The molecule has 0 spiro atoms. The quantitative estimate of drug-likeness (QED) is 0.517. The maximum absolute atomic E-state index is 13.3. The molecule has 164 valence electrons. The highest BCUT2D eigenvalue weighted by Crippen LogP contribution is 2.30. The number of esters is 1. The van der Waals surface area contributed by atoms with Crippen LogP contribution in [0.5, 0.6) is 0 Å². The smallest absolute Gasteiger partial charge is 0.303 e. The Hall–Kier alpha value is -3.31. The van der Waals surface area contributed by atoms with Gasteiger partial charge < -0.3 is 14.5 Å². The van der Waals surface area contributed by atoms with E-state index in [2.05, 4.69) is 17.0 Å². The summed E-state index contributed by atoms with van der Waals surface area (Å²) >= 11 is 6.30. The number of hydrogen-bond acceptors (Lipinski definition) is 4. The Labute approximate surface area is 193 Å². The van der Waals surface area contributed by atoms with Gasteiger partial charge in [0, 0.05) is 54.9 Å². The van der Waals surface area contributed by atoms with Crippen molar-refractivity contribution in [3.63, 3.8) is 0 Å². The average molecular weight is 449 g/mol. The fourth-order valence-corrected chi connectivity index (χ4v) is 4.19. The van der Waals surface area contributed by atoms with Gasteiger partial charge in [0.1, 0.15) is 0 Å². The van der Waals surface area contributed by atoms with Gasteiger partial charge >= 0.3 is 5.97 Å². The molecule has 1 amide bonds. The average Bonchev–Trinajstić information content (AvgIpc) is 2.83. The predicted octanol–water partition coefficient (Wildman–Crippen LogP) is 4.96. The Morgan fingerprint density at radius 3 is 2.09 bits per heavy atom. The molecule has 0 saturated carbocycles. The zero-order valence-corrected chi connectivity index (χ0v) is 18.7. The molecule has 1 unspecified atom stereocenters. The summed E-state index contributed by atoms with van der Waals surface area (Å²) in [4.78, 5) is 29.1. The summed E-state index contributed by atoms with van der Waals surface area (Å²) < 4.78 is 5.46. The first-order chi connectivity index (χ1) is 15.5. The Bertz CT molecular complexity index is 1080. The molecular weight excluding hydrogens is 424 g/mol. The van der Waals surface area contributed by atoms with Gasteiger partial charge in [-0.15, -0.1) is 0 Å². The van der Waals surface area contributed by atoms with Crippen molar-refractivity contribution in [2.45, 2.75) is 13.0 Å². The zero-order chi connectivity index (χ0) is 22.5. The second kappa shape index (κ2) is 9.88. The number of ether oxygens (including phenoxy) is 1. The minimum atomic E-state index is -0.962. The second-order valence-corrected chi connectivity index (χ2v) is 8.15. The molecular formula is C26H25ClN2O3. The third-order valence-electron chi connectivity index (χ3n) is 5.62. The van der Waals surface area contributed by atoms with Crippen LogP contribution in [-0.2, 0) is 14.3 Å². The monoisotopic (exact) mass is 448 g/mol. The number of amides is 1. The number of para-hydroxylation sites is 1. The molecule has 1 atom stereocenters. The van der Waals surface area contributed by atoms with Crippen LogP contribution < -0.4 is 4.90 Å². The predicted molar refractivity (Wildman–Crippen MR) is 127 cm³/mol. The van der Waals surface area contributed by atoms with Crippen molar-refractivity contribution in [2.75, 3.05) is 31.1 Å². The van der Waals surface area contributed by atoms with Gasteiger partial charge in [-0.05, 0) is 23.8 Å². The van der Waals surface area contributed by atoms with Crippen molar-refractivity contribution in [1.29, 1.82) is 0 Å². The molecule has 0 bridgehead atoms. The van der Waals surface area contributed by atoms with Crippen LogP contribution in [0.25, 0.3) is 11.1 Å². The van der Waals surface area contributed by atoms with Crippen LogP contribution >= 0.6 is 11.6 Å². The fourth-order valence-electron chi connectivity index (χ4n) is 3.95. The number of hydrogen-bond donors (Lipinski definition) is 0. The van der Waals surface area contributed by atoms with Gasteiger partial charge in [0.25, 0.3) is 5.91 Å². The Morgan fingerprint density at radius 1 is 0.844 bits per heavy atom. The highest BCUT2D eigenvalue weighted by Gasteiger charge is 2.31. The number of halogens is 1. The third kappa shape index (κ3) is 4.94. The molecule has 0 N–H and O–H groups in total. The molecule has 1 fully saturated rings. The van der Waals surface area contributed by atoms with E-state index in [4.69, 9.17) is 16.3 Å². The zero-order valence-electron chi connectivity index (χ0n) is 17.9. The lowest BCUT2D eigenvalue weighted by Gasteiger charge is -2.37. The molecule has 1 aliphatic rings. The van der Waals surface area contributed by atoms with E-state index < -0.39 is 12.1 Å². The normalized spacial score (nSPS) is 14.7. The van der Waals surface area contributed by atoms with Crippen molar-refractivity contribution in [2.24, 2.45) is 0 Å². The van der Waals surface area contributed by atoms with E-state index in [1.165, 1.54) is 6.92 Å². The second-order valence-electron chi connectivity index (χ2n) is 7.74. The van der Waals surface area contributed by atoms with Gasteiger partial charge in [0.2, 0.25) is 6.10 Å². The van der Waals surface area contributed by atoms with Crippen molar-refractivity contribution in [3.8, 4) is 11.1 Å². The Balaban J connectivity index is 1.49. The minimum Gasteiger partial charge on any atom is -0.447 e. The van der Waals surface area contributed by atoms with E-state index in [0.717, 1.165) is 29.9 Å². The van der Waals surface area contributed by atoms with Crippen LogP contribution in [0, 0.1) is 0 Å². The Morgan fingerprint density at radius 2 is 1.47 bits per heavy atom. The molecule has 6 heteroatoms. The van der Waals surface area contributed by atoms with Gasteiger partial charge in [-0.25, -0.2) is 0 Å². The van der Waals surface area contributed by atoms with Gasteiger partial charge in [0.05, 0.1) is 0 Å². The van der Waals surface area contributed by atoms with Crippen molar-refractivity contribution < 1.29 is 14.3 Å². The molecule has 4 rings (SSSR count). The van der Waals surface area contributed by atoms with Crippen molar-refractivity contribution in [3.05, 3.63) is 89.4 Å². The number of benzene rings is 3. The van der Waals surface area contributed by atoms with Crippen LogP contribution in [-0.4, -0.2) is 43.0 Å². The number of carbonyl (C=O) groups is 2. The number of anilines is 1. The Kier molecular flexibility index (Phi) is 6.76. The van der Waals surface area contributed by atoms with E-state index in [1.807, 2.05) is 66.7 Å². The first-order valence-electron chi connectivity index (χ1n) is 10.6. The van der Waals surface area contributed by atoms with E-state index in [9.17, 15) is 9.59 Å². The number of carbonyl (C=O) groups excluding carboxylic acids is 2. The van der Waals surface area contributed by atoms with Gasteiger partial charge in [-0.2, -0.15) is 0 Å². The van der Waals surface area contributed by atoms with Crippen LogP contribution in [0.1, 0.15) is 18.6 Å². The lowest BCUT2D eigenvalue weighted by molar-refractivity contribution is -0.159. The topological polar surface area (TPSA) is 49.9 Å². The number of nitrogens with zero attached hydrogens (tertiary/aromatic N) is 2. The summed E-state index contributed by atoms with van der Waals surface area (Å²) in [5, 5.41) is 0.657. The molecule has 0 aliphatic carbocycles. The van der Waals surface area contributed by atoms with Crippen LogP contribution in [0.2, 0.25) is 5.02 Å². The molecule has 0 aromatic heterocycles. The van der Waals surface area contributed by atoms with Crippen LogP contribution in [0.15, 0.2) is 78.9 Å². The first-order valence-corrected chi connectivity index (χ1v) is 11.0. The highest BCUT2D eigenvalue weighted by atomic mass is 35.5. The molecule has 5 nitrogen and oxygen atoms in total. The van der Waals surface area contributed by atoms with Crippen molar-refractivity contribution >= 4 is 29.2 Å². The van der Waals surface area contributed by atoms with E-state index in [-0.39, 0.29) is 5.91 Å². The summed E-state index contributed by atoms with van der Waals surface area (Å²) in [6, 6.07) is 25.2. The van der Waals surface area contributed by atoms with E-state index in [0.29, 0.717) is 23.7 Å². The van der Waals surface area contributed by atoms with E-state index >= 15 is 0 Å². The van der Waals surface area contributed by atoms with Crippen LogP contribution in [0.4, 0.5) is 5.69 Å². The summed E-state index contributed by atoms with van der Waals surface area (Å²) in [6.45, 7) is 3.93. The summed E-state index contributed by atoms with van der Waals surface area (Å²) in [7, 11) is 0. The first kappa shape index (κ1) is 21.9. The van der Waals surface area contributed by atoms with Gasteiger partial charge in [-0.3, -0.25) is 9.59 Å².